The summed E-state index contributed by atoms with van der Waals surface area (Å²) in [6, 6.07) is 17.9. The molecule has 1 N–H and O–H groups in total. The minimum atomic E-state index is -0.561. The lowest BCUT2D eigenvalue weighted by Crippen LogP contribution is -2.49. The number of nitrogens with one attached hydrogen (secondary N) is 1. The van der Waals surface area contributed by atoms with Gasteiger partial charge in [-0.15, -0.1) is 0 Å². The highest BCUT2D eigenvalue weighted by Crippen LogP contribution is 2.27. The number of benzene rings is 2. The molecule has 2 saturated heterocycles. The van der Waals surface area contributed by atoms with Gasteiger partial charge in [0.2, 0.25) is 11.8 Å². The van der Waals surface area contributed by atoms with Crippen LogP contribution in [0.15, 0.2) is 66.7 Å². The minimum Gasteiger partial charge on any atom is -0.475 e. The first-order valence-electron chi connectivity index (χ1n) is 16.1. The van der Waals surface area contributed by atoms with E-state index in [9.17, 15) is 18.8 Å². The van der Waals surface area contributed by atoms with E-state index >= 15 is 0 Å². The van der Waals surface area contributed by atoms with Crippen LogP contribution in [-0.2, 0) is 16.1 Å². The smallest absolute Gasteiger partial charge is 0.270 e. The molecule has 47 heavy (non-hydrogen) atoms. The number of rotatable bonds is 3. The summed E-state index contributed by atoms with van der Waals surface area (Å²) in [5, 5.41) is 3.71. The number of ether oxygens (including phenoxy) is 2. The summed E-state index contributed by atoms with van der Waals surface area (Å²) in [4.78, 5) is 50.8. The van der Waals surface area contributed by atoms with Crippen LogP contribution < -0.4 is 10.1 Å². The van der Waals surface area contributed by atoms with Crippen molar-refractivity contribution >= 4 is 29.3 Å². The fraction of sp³-hybridized carbons (Fsp3) is 0.429. The summed E-state index contributed by atoms with van der Waals surface area (Å²) < 4.78 is 26.1. The number of hydrogen-bond acceptors (Lipinski definition) is 7. The Kier molecular flexibility index (Phi) is 10.6. The van der Waals surface area contributed by atoms with Gasteiger partial charge in [0.05, 0.1) is 24.8 Å². The lowest BCUT2D eigenvalue weighted by Gasteiger charge is -2.37. The van der Waals surface area contributed by atoms with Gasteiger partial charge in [-0.1, -0.05) is 41.9 Å². The predicted molar refractivity (Wildman–Crippen MR) is 174 cm³/mol. The van der Waals surface area contributed by atoms with Crippen LogP contribution in [0.1, 0.15) is 45.7 Å². The topological polar surface area (TPSA) is 104 Å². The van der Waals surface area contributed by atoms with Gasteiger partial charge in [-0.2, -0.15) is 0 Å². The zero-order valence-electron chi connectivity index (χ0n) is 26.2. The van der Waals surface area contributed by atoms with E-state index in [-0.39, 0.29) is 73.2 Å². The first-order valence-corrected chi connectivity index (χ1v) is 16.5. The molecule has 7 rings (SSSR count). The number of carbonyl (C=O) groups is 3. The van der Waals surface area contributed by atoms with E-state index in [1.807, 2.05) is 29.2 Å². The number of piperidine rings is 1. The molecule has 2 fully saturated rings. The van der Waals surface area contributed by atoms with Crippen LogP contribution in [0, 0.1) is 11.7 Å². The van der Waals surface area contributed by atoms with Crippen molar-refractivity contribution in [2.75, 3.05) is 52.5 Å². The first-order chi connectivity index (χ1) is 22.8. The second kappa shape index (κ2) is 15.2. The number of aromatic nitrogens is 1. The number of halogens is 2. The Morgan fingerprint density at radius 1 is 0.957 bits per heavy atom. The molecule has 2 aromatic carbocycles. The maximum atomic E-state index is 14.6. The molecule has 0 aliphatic carbocycles. The van der Waals surface area contributed by atoms with Gasteiger partial charge >= 0.3 is 0 Å². The van der Waals surface area contributed by atoms with Crippen molar-refractivity contribution in [3.63, 3.8) is 0 Å². The molecular weight excluding hydrogens is 625 g/mol. The highest BCUT2D eigenvalue weighted by molar-refractivity contribution is 6.30. The second-order valence-electron chi connectivity index (χ2n) is 12.3. The Balaban J connectivity index is 1.22. The van der Waals surface area contributed by atoms with Crippen molar-refractivity contribution < 1.29 is 28.2 Å². The van der Waals surface area contributed by atoms with Gasteiger partial charge in [0.25, 0.3) is 11.8 Å². The van der Waals surface area contributed by atoms with Crippen LogP contribution in [0.5, 0.6) is 5.88 Å². The molecule has 4 aliphatic heterocycles. The summed E-state index contributed by atoms with van der Waals surface area (Å²) in [5.74, 6) is -0.827. The number of hydrogen-bond donors (Lipinski definition) is 1. The summed E-state index contributed by atoms with van der Waals surface area (Å²) in [6.45, 7) is 3.49. The van der Waals surface area contributed by atoms with Crippen LogP contribution >= 0.6 is 11.6 Å². The van der Waals surface area contributed by atoms with Crippen molar-refractivity contribution in [1.82, 2.24) is 25.0 Å². The number of likely N-dealkylation sites (tertiary alicyclic amines) is 1. The summed E-state index contributed by atoms with van der Waals surface area (Å²) in [5.41, 5.74) is 1.23. The monoisotopic (exact) mass is 663 g/mol. The summed E-state index contributed by atoms with van der Waals surface area (Å²) >= 11 is 6.27. The Labute approximate surface area is 278 Å². The van der Waals surface area contributed by atoms with E-state index in [0.29, 0.717) is 57.0 Å². The lowest BCUT2D eigenvalue weighted by atomic mass is 9.95. The van der Waals surface area contributed by atoms with Crippen LogP contribution in [0.2, 0.25) is 5.02 Å². The maximum Gasteiger partial charge on any atom is 0.270 e. The molecule has 1 aromatic heterocycles. The molecule has 0 unspecified atom stereocenters. The SMILES string of the molecule is O=C1N[C@@H]2C[C@@H](C(=O)N3CCC(CC3)CN(C(=O)c3ccccc3F)CCOCCOc3cccc1n3)N(Cc1cccc(Cl)c1)C2. The fourth-order valence-corrected chi connectivity index (χ4v) is 6.82. The molecule has 6 bridgehead atoms. The zero-order chi connectivity index (χ0) is 32.8. The van der Waals surface area contributed by atoms with Crippen molar-refractivity contribution in [2.45, 2.75) is 37.9 Å². The summed E-state index contributed by atoms with van der Waals surface area (Å²) in [6.07, 6.45) is 1.89. The van der Waals surface area contributed by atoms with Gasteiger partial charge in [-0.05, 0) is 61.1 Å². The van der Waals surface area contributed by atoms with E-state index in [4.69, 9.17) is 21.1 Å². The van der Waals surface area contributed by atoms with E-state index in [0.717, 1.165) is 5.56 Å². The third-order valence-corrected chi connectivity index (χ3v) is 9.27. The van der Waals surface area contributed by atoms with E-state index < -0.39 is 11.9 Å². The predicted octanol–water partition coefficient (Wildman–Crippen LogP) is 4.04. The third-order valence-electron chi connectivity index (χ3n) is 9.03. The Hall–Kier alpha value is -4.06. The van der Waals surface area contributed by atoms with Crippen LogP contribution in [0.3, 0.4) is 0 Å². The minimum absolute atomic E-state index is 0.0225. The number of carbonyl (C=O) groups excluding carboxylic acids is 3. The van der Waals surface area contributed by atoms with E-state index in [2.05, 4.69) is 15.2 Å². The average Bonchev–Trinajstić information content (AvgIpc) is 3.46. The molecule has 0 spiro atoms. The van der Waals surface area contributed by atoms with Crippen molar-refractivity contribution in [3.8, 4) is 5.88 Å². The molecule has 5 heterocycles. The first kappa shape index (κ1) is 32.9. The van der Waals surface area contributed by atoms with Gasteiger partial charge in [-0.3, -0.25) is 19.3 Å². The molecule has 0 saturated carbocycles. The third kappa shape index (κ3) is 8.27. The molecule has 248 valence electrons. The normalized spacial score (nSPS) is 23.1. The zero-order valence-corrected chi connectivity index (χ0v) is 26.9. The number of amides is 3. The van der Waals surface area contributed by atoms with Gasteiger partial charge in [0.1, 0.15) is 18.1 Å². The summed E-state index contributed by atoms with van der Waals surface area (Å²) in [7, 11) is 0. The van der Waals surface area contributed by atoms with Crippen molar-refractivity contribution in [3.05, 3.63) is 94.4 Å². The molecule has 0 radical (unpaired) electrons. The van der Waals surface area contributed by atoms with Crippen molar-refractivity contribution in [1.29, 1.82) is 0 Å². The molecule has 3 aromatic rings. The van der Waals surface area contributed by atoms with E-state index in [1.54, 1.807) is 35.2 Å². The lowest BCUT2D eigenvalue weighted by molar-refractivity contribution is -0.137. The molecule has 12 heteroatoms. The fourth-order valence-electron chi connectivity index (χ4n) is 6.61. The van der Waals surface area contributed by atoms with Gasteiger partial charge in [0.15, 0.2) is 0 Å². The molecule has 4 aliphatic rings. The maximum absolute atomic E-state index is 14.6. The van der Waals surface area contributed by atoms with Gasteiger partial charge in [-0.25, -0.2) is 9.37 Å². The average molecular weight is 664 g/mol. The van der Waals surface area contributed by atoms with Crippen LogP contribution in [0.25, 0.3) is 0 Å². The number of nitrogens with zero attached hydrogens (tertiary/aromatic N) is 4. The molecule has 2 atom stereocenters. The number of fused-ring (bicyclic) bond motifs is 10. The highest BCUT2D eigenvalue weighted by Gasteiger charge is 2.40. The van der Waals surface area contributed by atoms with Crippen LogP contribution in [-0.4, -0.2) is 102 Å². The number of pyridine rings is 1. The standard InChI is InChI=1S/C35H39ClFN5O5/c36-26-6-3-5-25(19-26)22-42-23-27-20-31(42)35(45)40-13-11-24(12-14-40)21-41(34(44)28-7-1-2-8-29(28)37)15-16-46-17-18-47-32-10-4-9-30(39-32)33(43)38-27/h1-10,19,24,27,31H,11-18,20-23H2,(H,38,43)/t27-,31+/m1/s1. The van der Waals surface area contributed by atoms with Crippen LogP contribution in [0.4, 0.5) is 4.39 Å². The molecule has 10 nitrogen and oxygen atoms in total. The Morgan fingerprint density at radius 3 is 2.57 bits per heavy atom. The van der Waals surface area contributed by atoms with Crippen molar-refractivity contribution in [2.24, 2.45) is 5.92 Å². The largest absolute Gasteiger partial charge is 0.475 e. The second-order valence-corrected chi connectivity index (χ2v) is 12.7. The van der Waals surface area contributed by atoms with E-state index in [1.165, 1.54) is 12.1 Å². The molecule has 3 amide bonds. The molecular formula is C35H39ClFN5O5. The quantitative estimate of drug-likeness (QED) is 0.422. The highest BCUT2D eigenvalue weighted by atomic mass is 35.5. The van der Waals surface area contributed by atoms with Gasteiger partial charge in [0, 0.05) is 56.4 Å². The Bertz CT molecular complexity index is 1590. The van der Waals surface area contributed by atoms with Gasteiger partial charge < -0.3 is 24.6 Å². The Morgan fingerprint density at radius 2 is 1.77 bits per heavy atom.